The number of methoxy groups -OCH3 is 1. The number of likely N-dealkylation sites (tertiary alicyclic amines) is 1. The van der Waals surface area contributed by atoms with E-state index in [1.54, 1.807) is 7.11 Å². The van der Waals surface area contributed by atoms with Crippen LogP contribution in [0.5, 0.6) is 5.75 Å². The van der Waals surface area contributed by atoms with E-state index in [-0.39, 0.29) is 37.1 Å². The molecule has 1 saturated carbocycles. The van der Waals surface area contributed by atoms with Gasteiger partial charge in [0.05, 0.1) is 26.9 Å². The van der Waals surface area contributed by atoms with Gasteiger partial charge in [0.15, 0.2) is 0 Å². The van der Waals surface area contributed by atoms with Crippen LogP contribution in [0.25, 0.3) is 10.9 Å². The number of piperidine rings is 1. The van der Waals surface area contributed by atoms with Crippen molar-refractivity contribution in [1.29, 1.82) is 0 Å². The maximum Gasteiger partial charge on any atom is 0.251 e. The van der Waals surface area contributed by atoms with E-state index < -0.39 is 17.9 Å². The summed E-state index contributed by atoms with van der Waals surface area (Å²) in [4.78, 5) is 18.5. The highest BCUT2D eigenvalue weighted by Crippen LogP contribution is 2.58. The molecule has 1 atom stereocenters. The molecule has 3 fully saturated rings. The van der Waals surface area contributed by atoms with Crippen molar-refractivity contribution in [3.05, 3.63) is 64.8 Å². The van der Waals surface area contributed by atoms with Crippen LogP contribution in [0.1, 0.15) is 58.8 Å². The van der Waals surface area contributed by atoms with E-state index in [1.807, 2.05) is 30.5 Å². The van der Waals surface area contributed by atoms with E-state index in [1.165, 1.54) is 0 Å². The van der Waals surface area contributed by atoms with E-state index in [4.69, 9.17) is 9.47 Å². The summed E-state index contributed by atoms with van der Waals surface area (Å²) in [6.45, 7) is 4.11. The van der Waals surface area contributed by atoms with Gasteiger partial charge in [-0.25, -0.2) is 8.78 Å². The maximum atomic E-state index is 13.4. The van der Waals surface area contributed by atoms with Crippen molar-refractivity contribution in [3.8, 4) is 5.75 Å². The molecule has 2 saturated heterocycles. The Kier molecular flexibility index (Phi) is 7.09. The number of halogens is 2. The fourth-order valence-electron chi connectivity index (χ4n) is 6.92. The first-order valence-corrected chi connectivity index (χ1v) is 14.0. The van der Waals surface area contributed by atoms with Gasteiger partial charge in [-0.05, 0) is 80.0 Å². The predicted molar refractivity (Wildman–Crippen MR) is 148 cm³/mol. The smallest absolute Gasteiger partial charge is 0.251 e. The number of benzene rings is 2. The second-order valence-electron chi connectivity index (χ2n) is 12.1. The molecule has 7 nitrogen and oxygen atoms in total. The van der Waals surface area contributed by atoms with Crippen LogP contribution in [0, 0.1) is 18.3 Å². The molecule has 3 N–H and O–H groups in total. The van der Waals surface area contributed by atoms with E-state index in [0.29, 0.717) is 24.9 Å². The lowest BCUT2D eigenvalue weighted by molar-refractivity contribution is -0.173. The van der Waals surface area contributed by atoms with Gasteiger partial charge in [0.2, 0.25) is 6.43 Å². The van der Waals surface area contributed by atoms with Crippen molar-refractivity contribution in [3.63, 3.8) is 0 Å². The highest BCUT2D eigenvalue weighted by Gasteiger charge is 2.51. The second kappa shape index (κ2) is 10.4. The molecule has 40 heavy (non-hydrogen) atoms. The molecule has 3 aliphatic rings. The Labute approximate surface area is 232 Å². The van der Waals surface area contributed by atoms with Crippen molar-refractivity contribution in [1.82, 2.24) is 15.2 Å². The number of H-pyrrole nitrogens is 1. The molecule has 1 aliphatic carbocycles. The summed E-state index contributed by atoms with van der Waals surface area (Å²) < 4.78 is 37.7. The standard InChI is InChI=1S/C31H37F2N3O4/c1-19-11-26(39-2)24(23-7-9-34-27(19)23)15-36-10-8-30(12-22(13-30)28(32)33)14-25(36)20-3-5-21(6-4-20)29(37)35-16-31(38)17-40-18-31/h3-7,9,11,22,25,28,34,38H,8,10,12-18H2,1-2H3,(H,35,37). The lowest BCUT2D eigenvalue weighted by Crippen LogP contribution is -2.56. The SMILES string of the molecule is COc1cc(C)c2[nH]ccc2c1CN1CCC2(CC(C(F)F)C2)CC1c1ccc(C(=O)NCC2(O)COC2)cc1. The number of nitrogens with zero attached hydrogens (tertiary/aromatic N) is 1. The molecule has 0 bridgehead atoms. The van der Waals surface area contributed by atoms with Crippen LogP contribution in [-0.2, 0) is 11.3 Å². The summed E-state index contributed by atoms with van der Waals surface area (Å²) in [6, 6.07) is 11.8. The minimum atomic E-state index is -2.26. The zero-order valence-electron chi connectivity index (χ0n) is 23.0. The average molecular weight is 554 g/mol. The molecular weight excluding hydrogens is 516 g/mol. The summed E-state index contributed by atoms with van der Waals surface area (Å²) in [5.74, 6) is 0.0864. The number of alkyl halides is 2. The fraction of sp³-hybridized carbons (Fsp3) is 0.516. The Morgan fingerprint density at radius 2 is 1.98 bits per heavy atom. The summed E-state index contributed by atoms with van der Waals surface area (Å²) in [5, 5.41) is 14.1. The molecule has 1 spiro atoms. The average Bonchev–Trinajstić information content (AvgIpc) is 3.42. The van der Waals surface area contributed by atoms with Crippen molar-refractivity contribution < 1.29 is 28.2 Å². The second-order valence-corrected chi connectivity index (χ2v) is 12.1. The Balaban J connectivity index is 1.25. The van der Waals surface area contributed by atoms with Gasteiger partial charge in [-0.2, -0.15) is 0 Å². The summed E-state index contributed by atoms with van der Waals surface area (Å²) >= 11 is 0. The molecule has 6 rings (SSSR count). The van der Waals surface area contributed by atoms with Gasteiger partial charge in [-0.1, -0.05) is 12.1 Å². The first kappa shape index (κ1) is 27.2. The number of aryl methyl sites for hydroxylation is 1. The lowest BCUT2D eigenvalue weighted by atomic mass is 9.56. The zero-order valence-corrected chi connectivity index (χ0v) is 23.0. The largest absolute Gasteiger partial charge is 0.496 e. The Bertz CT molecular complexity index is 1380. The Hall–Kier alpha value is -3.01. The molecule has 2 aliphatic heterocycles. The topological polar surface area (TPSA) is 86.8 Å². The minimum absolute atomic E-state index is 0.0253. The summed E-state index contributed by atoms with van der Waals surface area (Å²) in [6.07, 6.45) is 2.52. The number of rotatable bonds is 8. The third-order valence-corrected chi connectivity index (χ3v) is 9.31. The number of aliphatic hydroxyl groups is 1. The first-order valence-electron chi connectivity index (χ1n) is 14.0. The van der Waals surface area contributed by atoms with Gasteiger partial charge in [0.25, 0.3) is 5.91 Å². The number of nitrogens with one attached hydrogen (secondary N) is 2. The number of aromatic amines is 1. The van der Waals surface area contributed by atoms with Crippen LogP contribution < -0.4 is 10.1 Å². The lowest BCUT2D eigenvalue weighted by Gasteiger charge is -2.55. The van der Waals surface area contributed by atoms with Crippen LogP contribution in [0.2, 0.25) is 0 Å². The third-order valence-electron chi connectivity index (χ3n) is 9.31. The first-order chi connectivity index (χ1) is 19.2. The molecule has 2 aromatic carbocycles. The molecule has 1 amide bonds. The third kappa shape index (κ3) is 4.99. The van der Waals surface area contributed by atoms with Crippen LogP contribution in [0.4, 0.5) is 8.78 Å². The number of hydrogen-bond donors (Lipinski definition) is 3. The molecule has 0 radical (unpaired) electrons. The molecule has 9 heteroatoms. The number of carbonyl (C=O) groups excluding carboxylic acids is 1. The summed E-state index contributed by atoms with van der Waals surface area (Å²) in [5.41, 5.74) is 3.84. The number of hydrogen-bond acceptors (Lipinski definition) is 5. The number of carbonyl (C=O) groups is 1. The van der Waals surface area contributed by atoms with Crippen molar-refractivity contribution >= 4 is 16.8 Å². The predicted octanol–water partition coefficient (Wildman–Crippen LogP) is 4.97. The Morgan fingerprint density at radius 1 is 1.23 bits per heavy atom. The Morgan fingerprint density at radius 3 is 2.62 bits per heavy atom. The van der Waals surface area contributed by atoms with Gasteiger partial charge >= 0.3 is 0 Å². The highest BCUT2D eigenvalue weighted by molar-refractivity contribution is 5.94. The van der Waals surface area contributed by atoms with Gasteiger partial charge in [-0.15, -0.1) is 0 Å². The van der Waals surface area contributed by atoms with Gasteiger partial charge in [-0.3, -0.25) is 9.69 Å². The molecule has 3 aromatic rings. The molecule has 3 heterocycles. The van der Waals surface area contributed by atoms with E-state index >= 15 is 0 Å². The molecule has 214 valence electrons. The van der Waals surface area contributed by atoms with E-state index in [0.717, 1.165) is 52.7 Å². The number of ether oxygens (including phenoxy) is 2. The van der Waals surface area contributed by atoms with Crippen LogP contribution in [0.15, 0.2) is 42.6 Å². The summed E-state index contributed by atoms with van der Waals surface area (Å²) in [7, 11) is 1.69. The van der Waals surface area contributed by atoms with Crippen LogP contribution in [-0.4, -0.2) is 66.3 Å². The van der Waals surface area contributed by atoms with Crippen molar-refractivity contribution in [2.75, 3.05) is 33.4 Å². The fourth-order valence-corrected chi connectivity index (χ4v) is 6.92. The van der Waals surface area contributed by atoms with Crippen LogP contribution in [0.3, 0.4) is 0 Å². The quantitative estimate of drug-likeness (QED) is 0.367. The number of aromatic nitrogens is 1. The number of amides is 1. The monoisotopic (exact) mass is 553 g/mol. The van der Waals surface area contributed by atoms with Gasteiger partial charge < -0.3 is 24.9 Å². The normalized spacial score (nSPS) is 26.1. The van der Waals surface area contributed by atoms with E-state index in [9.17, 15) is 18.7 Å². The van der Waals surface area contributed by atoms with Gasteiger partial charge in [0, 0.05) is 46.7 Å². The van der Waals surface area contributed by atoms with Gasteiger partial charge in [0.1, 0.15) is 11.4 Å². The minimum Gasteiger partial charge on any atom is -0.496 e. The molecule has 1 unspecified atom stereocenters. The van der Waals surface area contributed by atoms with Crippen molar-refractivity contribution in [2.45, 2.75) is 57.2 Å². The molecule has 1 aromatic heterocycles. The maximum absolute atomic E-state index is 13.4. The van der Waals surface area contributed by atoms with Crippen LogP contribution >= 0.6 is 0 Å². The van der Waals surface area contributed by atoms with E-state index in [2.05, 4.69) is 34.3 Å². The van der Waals surface area contributed by atoms with Crippen molar-refractivity contribution in [2.24, 2.45) is 11.3 Å². The highest BCUT2D eigenvalue weighted by atomic mass is 19.3. The molecular formula is C31H37F2N3O4. The zero-order chi connectivity index (χ0) is 28.1. The number of fused-ring (bicyclic) bond motifs is 1.